The molecular formula is C10H18O4S. The maximum Gasteiger partial charge on any atom is 0.323 e. The maximum absolute atomic E-state index is 12.0. The van der Waals surface area contributed by atoms with Crippen LogP contribution < -0.4 is 0 Å². The van der Waals surface area contributed by atoms with Crippen molar-refractivity contribution in [3.63, 3.8) is 0 Å². The first kappa shape index (κ1) is 12.5. The van der Waals surface area contributed by atoms with E-state index in [0.717, 1.165) is 19.3 Å². The quantitative estimate of drug-likeness (QED) is 0.690. The van der Waals surface area contributed by atoms with Gasteiger partial charge in [0.25, 0.3) is 0 Å². The van der Waals surface area contributed by atoms with Gasteiger partial charge in [0.15, 0.2) is 15.1 Å². The molecule has 0 aromatic rings. The molecular weight excluding hydrogens is 216 g/mol. The van der Waals surface area contributed by atoms with Crippen LogP contribution in [0.4, 0.5) is 0 Å². The molecule has 0 aromatic heterocycles. The summed E-state index contributed by atoms with van der Waals surface area (Å²) in [4.78, 5) is 11.2. The van der Waals surface area contributed by atoms with Crippen LogP contribution in [-0.2, 0) is 19.4 Å². The van der Waals surface area contributed by atoms with E-state index < -0.39 is 21.1 Å². The fourth-order valence-corrected chi connectivity index (χ4v) is 3.91. The van der Waals surface area contributed by atoms with Crippen LogP contribution in [0.3, 0.4) is 0 Å². The van der Waals surface area contributed by atoms with E-state index in [9.17, 15) is 13.2 Å². The van der Waals surface area contributed by atoms with E-state index >= 15 is 0 Å². The van der Waals surface area contributed by atoms with Gasteiger partial charge in [0.05, 0.1) is 12.4 Å². The van der Waals surface area contributed by atoms with Gasteiger partial charge >= 0.3 is 5.97 Å². The van der Waals surface area contributed by atoms with Gasteiger partial charge in [-0.15, -0.1) is 0 Å². The van der Waals surface area contributed by atoms with Gasteiger partial charge in [-0.05, 0) is 19.8 Å². The average Bonchev–Trinajstić information content (AvgIpc) is 2.28. The van der Waals surface area contributed by atoms with Crippen molar-refractivity contribution >= 4 is 15.8 Å². The van der Waals surface area contributed by atoms with Gasteiger partial charge < -0.3 is 4.74 Å². The van der Waals surface area contributed by atoms with Crippen LogP contribution in [0, 0.1) is 0 Å². The first-order chi connectivity index (χ1) is 7.00. The van der Waals surface area contributed by atoms with Gasteiger partial charge in [-0.3, -0.25) is 4.79 Å². The SMILES string of the molecule is COC(=O)C(C)S(=O)(=O)C1CCCCC1. The molecule has 1 saturated carbocycles. The Morgan fingerprint density at radius 2 is 1.80 bits per heavy atom. The van der Waals surface area contributed by atoms with Gasteiger partial charge in [-0.25, -0.2) is 8.42 Å². The molecule has 5 heteroatoms. The van der Waals surface area contributed by atoms with Crippen LogP contribution in [0.2, 0.25) is 0 Å². The molecule has 0 spiro atoms. The highest BCUT2D eigenvalue weighted by Crippen LogP contribution is 2.26. The van der Waals surface area contributed by atoms with E-state index in [0.29, 0.717) is 12.8 Å². The number of carbonyl (C=O) groups is 1. The van der Waals surface area contributed by atoms with Crippen molar-refractivity contribution in [3.8, 4) is 0 Å². The van der Waals surface area contributed by atoms with E-state index in [2.05, 4.69) is 4.74 Å². The molecule has 4 nitrogen and oxygen atoms in total. The van der Waals surface area contributed by atoms with Gasteiger partial charge in [0.1, 0.15) is 0 Å². The number of carbonyl (C=O) groups excluding carboxylic acids is 1. The summed E-state index contributed by atoms with van der Waals surface area (Å²) in [5.41, 5.74) is 0. The molecule has 0 heterocycles. The Labute approximate surface area is 90.9 Å². The molecule has 0 radical (unpaired) electrons. The zero-order valence-corrected chi connectivity index (χ0v) is 10.0. The third-order valence-corrected chi connectivity index (χ3v) is 5.62. The highest BCUT2D eigenvalue weighted by atomic mass is 32.2. The van der Waals surface area contributed by atoms with E-state index in [4.69, 9.17) is 0 Å². The maximum atomic E-state index is 12.0. The molecule has 0 bridgehead atoms. The van der Waals surface area contributed by atoms with Crippen molar-refractivity contribution in [2.24, 2.45) is 0 Å². The first-order valence-electron chi connectivity index (χ1n) is 5.30. The molecule has 1 aliphatic rings. The van der Waals surface area contributed by atoms with Crippen molar-refractivity contribution in [3.05, 3.63) is 0 Å². The predicted molar refractivity (Wildman–Crippen MR) is 57.3 cm³/mol. The average molecular weight is 234 g/mol. The lowest BCUT2D eigenvalue weighted by Crippen LogP contribution is -2.37. The van der Waals surface area contributed by atoms with Gasteiger partial charge in [-0.1, -0.05) is 19.3 Å². The largest absolute Gasteiger partial charge is 0.468 e. The third-order valence-electron chi connectivity index (χ3n) is 3.04. The molecule has 15 heavy (non-hydrogen) atoms. The Morgan fingerprint density at radius 1 is 1.27 bits per heavy atom. The van der Waals surface area contributed by atoms with Gasteiger partial charge in [-0.2, -0.15) is 0 Å². The number of hydrogen-bond acceptors (Lipinski definition) is 4. The Hall–Kier alpha value is -0.580. The number of methoxy groups -OCH3 is 1. The monoisotopic (exact) mass is 234 g/mol. The highest BCUT2D eigenvalue weighted by Gasteiger charge is 2.36. The molecule has 0 aromatic carbocycles. The lowest BCUT2D eigenvalue weighted by molar-refractivity contribution is -0.139. The molecule has 0 aliphatic heterocycles. The molecule has 1 unspecified atom stereocenters. The number of sulfone groups is 1. The minimum absolute atomic E-state index is 0.347. The Kier molecular flexibility index (Phi) is 4.13. The van der Waals surface area contributed by atoms with Crippen molar-refractivity contribution in [2.75, 3.05) is 7.11 Å². The zero-order valence-electron chi connectivity index (χ0n) is 9.23. The second-order valence-corrected chi connectivity index (χ2v) is 6.57. The van der Waals surface area contributed by atoms with Gasteiger partial charge in [0.2, 0.25) is 0 Å². The van der Waals surface area contributed by atoms with E-state index in [1.807, 2.05) is 0 Å². The summed E-state index contributed by atoms with van der Waals surface area (Å²) in [5.74, 6) is -0.652. The fraction of sp³-hybridized carbons (Fsp3) is 0.900. The Morgan fingerprint density at radius 3 is 2.27 bits per heavy atom. The molecule has 1 aliphatic carbocycles. The molecule has 0 N–H and O–H groups in total. The highest BCUT2D eigenvalue weighted by molar-refractivity contribution is 7.93. The van der Waals surface area contributed by atoms with E-state index in [-0.39, 0.29) is 5.25 Å². The summed E-state index contributed by atoms with van der Waals surface area (Å²) in [6.45, 7) is 1.41. The van der Waals surface area contributed by atoms with Crippen LogP contribution in [0.1, 0.15) is 39.0 Å². The summed E-state index contributed by atoms with van der Waals surface area (Å²) in [7, 11) is -2.13. The van der Waals surface area contributed by atoms with Crippen LogP contribution in [0.25, 0.3) is 0 Å². The number of rotatable bonds is 3. The normalized spacial score (nSPS) is 20.9. The molecule has 0 amide bonds. The van der Waals surface area contributed by atoms with Crippen LogP contribution in [-0.4, -0.2) is 32.0 Å². The van der Waals surface area contributed by atoms with E-state index in [1.165, 1.54) is 14.0 Å². The number of esters is 1. The molecule has 1 fully saturated rings. The molecule has 88 valence electrons. The fourth-order valence-electron chi connectivity index (χ4n) is 1.98. The van der Waals surface area contributed by atoms with E-state index in [1.54, 1.807) is 0 Å². The molecule has 1 atom stereocenters. The topological polar surface area (TPSA) is 60.4 Å². The second-order valence-electron chi connectivity index (χ2n) is 4.01. The molecule has 1 rings (SSSR count). The van der Waals surface area contributed by atoms with Crippen LogP contribution >= 0.6 is 0 Å². The second kappa shape index (κ2) is 4.96. The summed E-state index contributed by atoms with van der Waals surface area (Å²) in [5, 5.41) is -1.37. The minimum Gasteiger partial charge on any atom is -0.468 e. The van der Waals surface area contributed by atoms with Crippen molar-refractivity contribution in [2.45, 2.75) is 49.5 Å². The summed E-state index contributed by atoms with van der Waals surface area (Å²) in [6, 6.07) is 0. The molecule has 0 saturated heterocycles. The standard InChI is InChI=1S/C10H18O4S/c1-8(10(11)14-2)15(12,13)9-6-4-3-5-7-9/h8-9H,3-7H2,1-2H3. The van der Waals surface area contributed by atoms with Crippen molar-refractivity contribution < 1.29 is 17.9 Å². The lowest BCUT2D eigenvalue weighted by Gasteiger charge is -2.24. The number of hydrogen-bond donors (Lipinski definition) is 0. The predicted octanol–water partition coefficient (Wildman–Crippen LogP) is 1.30. The zero-order chi connectivity index (χ0) is 11.5. The Bertz CT molecular complexity index is 314. The van der Waals surface area contributed by atoms with Crippen molar-refractivity contribution in [1.29, 1.82) is 0 Å². The lowest BCUT2D eigenvalue weighted by atomic mass is 10.0. The van der Waals surface area contributed by atoms with Crippen molar-refractivity contribution in [1.82, 2.24) is 0 Å². The summed E-state index contributed by atoms with van der Waals surface area (Å²) in [6.07, 6.45) is 4.35. The summed E-state index contributed by atoms with van der Waals surface area (Å²) >= 11 is 0. The number of ether oxygens (including phenoxy) is 1. The minimum atomic E-state index is -3.35. The Balaban J connectivity index is 2.76. The third kappa shape index (κ3) is 2.71. The summed E-state index contributed by atoms with van der Waals surface area (Å²) < 4.78 is 28.4. The smallest absolute Gasteiger partial charge is 0.323 e. The van der Waals surface area contributed by atoms with Crippen LogP contribution in [0.15, 0.2) is 0 Å². The van der Waals surface area contributed by atoms with Gasteiger partial charge in [0, 0.05) is 0 Å². The van der Waals surface area contributed by atoms with Crippen LogP contribution in [0.5, 0.6) is 0 Å². The first-order valence-corrected chi connectivity index (χ1v) is 6.91.